The Labute approximate surface area is 91.3 Å². The van der Waals surface area contributed by atoms with Crippen molar-refractivity contribution in [2.75, 3.05) is 5.73 Å². The molecule has 1 aromatic rings. The zero-order chi connectivity index (χ0) is 8.43. The first kappa shape index (κ1) is 11.3. The first-order valence-corrected chi connectivity index (χ1v) is 2.91. The van der Waals surface area contributed by atoms with Crippen LogP contribution >= 0.6 is 0 Å². The minimum absolute atomic E-state index is 0. The van der Waals surface area contributed by atoms with Crippen LogP contribution in [0, 0.1) is 0 Å². The largest absolute Gasteiger partial charge is 1.00 e. The number of nitrogen functional groups attached to an aromatic ring is 1. The summed E-state index contributed by atoms with van der Waals surface area (Å²) in [4.78, 5) is 10.3. The van der Waals surface area contributed by atoms with Gasteiger partial charge in [0.2, 0.25) is 0 Å². The van der Waals surface area contributed by atoms with Crippen molar-refractivity contribution in [1.82, 2.24) is 0 Å². The summed E-state index contributed by atoms with van der Waals surface area (Å²) in [5.41, 5.74) is 4.86. The molecule has 0 atom stereocenters. The molecule has 3 N–H and O–H groups in total. The molecule has 12 heavy (non-hydrogen) atoms. The molecule has 0 heterocycles. The fourth-order valence-corrected chi connectivity index (χ4v) is 0.731. The molecule has 0 unspecified atom stereocenters. The zero-order valence-corrected chi connectivity index (χ0v) is 8.57. The number of rotatable bonds is 1. The number of carboxylic acid groups (broad SMARTS) is 1. The molecule has 0 aliphatic heterocycles. The molecule has 0 aromatic heterocycles. The monoisotopic (exact) mass is 175 g/mol. The van der Waals surface area contributed by atoms with Crippen molar-refractivity contribution in [2.24, 2.45) is 0 Å². The van der Waals surface area contributed by atoms with Crippen LogP contribution in [0.2, 0.25) is 0 Å². The van der Waals surface area contributed by atoms with E-state index in [1.54, 1.807) is 0 Å². The second-order valence-corrected chi connectivity index (χ2v) is 2.03. The molecule has 1 rings (SSSR count). The number of phenolic OH excluding ortho intramolecular Hbond substituents is 1. The van der Waals surface area contributed by atoms with Crippen molar-refractivity contribution in [3.8, 4) is 5.75 Å². The minimum atomic E-state index is -1.39. The van der Waals surface area contributed by atoms with Gasteiger partial charge in [-0.15, -0.1) is 0 Å². The van der Waals surface area contributed by atoms with Gasteiger partial charge in [0.25, 0.3) is 0 Å². The first-order valence-electron chi connectivity index (χ1n) is 2.91. The summed E-state index contributed by atoms with van der Waals surface area (Å²) < 4.78 is 0. The molecule has 0 saturated heterocycles. The molecule has 0 fully saturated rings. The van der Waals surface area contributed by atoms with Crippen LogP contribution in [0.25, 0.3) is 0 Å². The van der Waals surface area contributed by atoms with Crippen molar-refractivity contribution < 1.29 is 44.6 Å². The molecule has 0 bridgehead atoms. The molecule has 0 amide bonds. The standard InChI is InChI=1S/C7H7NO3.Na/c8-6-4(7(10)11)2-1-3-5(6)9;/h1-3,9H,8H2,(H,10,11);/q;+1/p-1. The predicted molar refractivity (Wildman–Crippen MR) is 36.8 cm³/mol. The van der Waals surface area contributed by atoms with Gasteiger partial charge in [-0.1, -0.05) is 12.1 Å². The molecular weight excluding hydrogens is 169 g/mol. The Hall–Kier alpha value is -0.710. The summed E-state index contributed by atoms with van der Waals surface area (Å²) >= 11 is 0. The smallest absolute Gasteiger partial charge is 0.545 e. The third kappa shape index (κ3) is 2.14. The molecule has 1 aromatic carbocycles. The summed E-state index contributed by atoms with van der Waals surface area (Å²) in [6.45, 7) is 0. The third-order valence-electron chi connectivity index (χ3n) is 1.30. The van der Waals surface area contributed by atoms with Gasteiger partial charge in [0.1, 0.15) is 5.75 Å². The van der Waals surface area contributed by atoms with Crippen molar-refractivity contribution in [3.05, 3.63) is 23.8 Å². The molecule has 4 nitrogen and oxygen atoms in total. The molecule has 0 spiro atoms. The van der Waals surface area contributed by atoms with Crippen LogP contribution in [0.5, 0.6) is 5.75 Å². The topological polar surface area (TPSA) is 86.4 Å². The number of para-hydroxylation sites is 1. The molecular formula is C7H6NNaO3. The average Bonchev–Trinajstić information content (AvgIpc) is 1.94. The Morgan fingerprint density at radius 3 is 2.50 bits per heavy atom. The van der Waals surface area contributed by atoms with Crippen LogP contribution in [0.3, 0.4) is 0 Å². The van der Waals surface area contributed by atoms with Gasteiger partial charge in [-0.25, -0.2) is 0 Å². The summed E-state index contributed by atoms with van der Waals surface area (Å²) in [5, 5.41) is 19.2. The van der Waals surface area contributed by atoms with Gasteiger partial charge < -0.3 is 20.7 Å². The van der Waals surface area contributed by atoms with Gasteiger partial charge in [-0.3, -0.25) is 0 Å². The molecule has 0 saturated carbocycles. The van der Waals surface area contributed by atoms with Crippen LogP contribution in [-0.2, 0) is 0 Å². The fourth-order valence-electron chi connectivity index (χ4n) is 0.731. The van der Waals surface area contributed by atoms with Gasteiger partial charge in [-0.05, 0) is 6.07 Å². The molecule has 0 radical (unpaired) electrons. The maximum atomic E-state index is 10.3. The van der Waals surface area contributed by atoms with Gasteiger partial charge in [-0.2, -0.15) is 0 Å². The second kappa shape index (κ2) is 4.35. The van der Waals surface area contributed by atoms with E-state index < -0.39 is 5.97 Å². The summed E-state index contributed by atoms with van der Waals surface area (Å²) in [5.74, 6) is -1.63. The van der Waals surface area contributed by atoms with Crippen LogP contribution in [0.15, 0.2) is 18.2 Å². The second-order valence-electron chi connectivity index (χ2n) is 2.03. The van der Waals surface area contributed by atoms with E-state index >= 15 is 0 Å². The van der Waals surface area contributed by atoms with Crippen molar-refractivity contribution in [3.63, 3.8) is 0 Å². The van der Waals surface area contributed by atoms with Gasteiger partial charge >= 0.3 is 29.6 Å². The zero-order valence-electron chi connectivity index (χ0n) is 6.57. The van der Waals surface area contributed by atoms with Crippen LogP contribution in [0.1, 0.15) is 10.4 Å². The number of aromatic carboxylic acids is 1. The molecule has 5 heteroatoms. The number of hydrogen-bond acceptors (Lipinski definition) is 4. The SMILES string of the molecule is Nc1c(O)cccc1C(=O)[O-].[Na+]. The van der Waals surface area contributed by atoms with Crippen LogP contribution in [-0.4, -0.2) is 11.1 Å². The average molecular weight is 175 g/mol. The van der Waals surface area contributed by atoms with E-state index in [1.165, 1.54) is 18.2 Å². The number of hydrogen-bond donors (Lipinski definition) is 2. The molecule has 0 aliphatic rings. The summed E-state index contributed by atoms with van der Waals surface area (Å²) in [6, 6.07) is 3.96. The Balaban J connectivity index is 0.00000121. The van der Waals surface area contributed by atoms with Gasteiger partial charge in [0.05, 0.1) is 11.7 Å². The number of aromatic hydroxyl groups is 1. The fraction of sp³-hybridized carbons (Fsp3) is 0. The Kier molecular flexibility index (Phi) is 4.09. The van der Waals surface area contributed by atoms with E-state index in [4.69, 9.17) is 10.8 Å². The van der Waals surface area contributed by atoms with E-state index in [1.807, 2.05) is 0 Å². The first-order chi connectivity index (χ1) is 5.13. The van der Waals surface area contributed by atoms with Crippen molar-refractivity contribution in [2.45, 2.75) is 0 Å². The number of carbonyl (C=O) groups is 1. The third-order valence-corrected chi connectivity index (χ3v) is 1.30. The van der Waals surface area contributed by atoms with E-state index in [-0.39, 0.29) is 46.6 Å². The maximum absolute atomic E-state index is 10.3. The van der Waals surface area contributed by atoms with Crippen LogP contribution < -0.4 is 40.4 Å². The van der Waals surface area contributed by atoms with Crippen molar-refractivity contribution >= 4 is 11.7 Å². The number of nitrogens with two attached hydrogens (primary N) is 1. The van der Waals surface area contributed by atoms with Crippen molar-refractivity contribution in [1.29, 1.82) is 0 Å². The van der Waals surface area contributed by atoms with Crippen LogP contribution in [0.4, 0.5) is 5.69 Å². The molecule has 58 valence electrons. The maximum Gasteiger partial charge on any atom is 1.00 e. The number of carboxylic acids is 1. The number of phenols is 1. The normalized spacial score (nSPS) is 8.67. The minimum Gasteiger partial charge on any atom is -0.545 e. The van der Waals surface area contributed by atoms with E-state index in [0.717, 1.165) is 0 Å². The Morgan fingerprint density at radius 2 is 2.08 bits per heavy atom. The summed E-state index contributed by atoms with van der Waals surface area (Å²) in [6.07, 6.45) is 0. The van der Waals surface area contributed by atoms with E-state index in [0.29, 0.717) is 0 Å². The van der Waals surface area contributed by atoms with Gasteiger partial charge in [0.15, 0.2) is 0 Å². The van der Waals surface area contributed by atoms with E-state index in [9.17, 15) is 9.90 Å². The number of benzene rings is 1. The Bertz CT molecular complexity index is 301. The Morgan fingerprint density at radius 1 is 1.50 bits per heavy atom. The van der Waals surface area contributed by atoms with Gasteiger partial charge in [0, 0.05) is 5.56 Å². The quantitative estimate of drug-likeness (QED) is 0.262. The van der Waals surface area contributed by atoms with E-state index in [2.05, 4.69) is 0 Å². The summed E-state index contributed by atoms with van der Waals surface area (Å²) in [7, 11) is 0. The predicted octanol–water partition coefficient (Wildman–Crippen LogP) is -3.66. The number of carbonyl (C=O) groups excluding carboxylic acids is 1. The number of anilines is 1. The molecule has 0 aliphatic carbocycles.